The Morgan fingerprint density at radius 3 is 2.76 bits per heavy atom. The lowest BCUT2D eigenvalue weighted by Crippen LogP contribution is -2.41. The van der Waals surface area contributed by atoms with Gasteiger partial charge in [-0.3, -0.25) is 4.79 Å². The van der Waals surface area contributed by atoms with Gasteiger partial charge in [0.15, 0.2) is 0 Å². The predicted molar refractivity (Wildman–Crippen MR) is 85.5 cm³/mol. The molecule has 1 aliphatic carbocycles. The van der Waals surface area contributed by atoms with Crippen LogP contribution in [0.2, 0.25) is 0 Å². The Balaban J connectivity index is 1.81. The second-order valence-electron chi connectivity index (χ2n) is 6.11. The summed E-state index contributed by atoms with van der Waals surface area (Å²) in [6, 6.07) is 10.8. The van der Waals surface area contributed by atoms with E-state index in [2.05, 4.69) is 47.5 Å². The number of benzene rings is 1. The normalized spacial score (nSPS) is 21.2. The van der Waals surface area contributed by atoms with Crippen LogP contribution in [0.15, 0.2) is 35.7 Å². The molecular weight excluding hydrogens is 278 g/mol. The molecule has 1 atom stereocenters. The third-order valence-corrected chi connectivity index (χ3v) is 5.66. The number of nitrogens with zero attached hydrogens (tertiary/aromatic N) is 1. The van der Waals surface area contributed by atoms with E-state index in [1.54, 1.807) is 0 Å². The zero-order valence-electron chi connectivity index (χ0n) is 12.2. The monoisotopic (exact) mass is 297 g/mol. The third-order valence-electron chi connectivity index (χ3n) is 4.66. The van der Waals surface area contributed by atoms with Gasteiger partial charge in [0.1, 0.15) is 0 Å². The maximum absolute atomic E-state index is 12.7. The molecule has 2 heterocycles. The molecule has 1 aromatic heterocycles. The van der Waals surface area contributed by atoms with Crippen LogP contribution in [0, 0.1) is 12.8 Å². The number of thiophene rings is 1. The number of carbonyl (C=O) groups excluding carboxylic acids is 1. The molecule has 1 aromatic carbocycles. The van der Waals surface area contributed by atoms with Crippen molar-refractivity contribution in [3.05, 3.63) is 57.3 Å². The van der Waals surface area contributed by atoms with Gasteiger partial charge in [0.2, 0.25) is 5.91 Å². The standard InChI is InChI=1S/C18H19NOS/c1-12-4-2-3-5-14(12)17-15-9-11-21-16(15)8-10-19(17)18(20)13-6-7-13/h2-5,9,11,13,17H,6-8,10H2,1H3. The number of rotatable bonds is 2. The second-order valence-corrected chi connectivity index (χ2v) is 7.11. The Bertz CT molecular complexity index is 686. The fourth-order valence-electron chi connectivity index (χ4n) is 3.35. The lowest BCUT2D eigenvalue weighted by molar-refractivity contribution is -0.134. The fraction of sp³-hybridized carbons (Fsp3) is 0.389. The van der Waals surface area contributed by atoms with E-state index in [1.165, 1.54) is 21.6 Å². The van der Waals surface area contributed by atoms with Crippen molar-refractivity contribution in [1.82, 2.24) is 4.90 Å². The lowest BCUT2D eigenvalue weighted by Gasteiger charge is -2.37. The molecule has 1 unspecified atom stereocenters. The molecular formula is C18H19NOS. The number of amides is 1. The molecule has 2 nitrogen and oxygen atoms in total. The van der Waals surface area contributed by atoms with Crippen LogP contribution >= 0.6 is 11.3 Å². The largest absolute Gasteiger partial charge is 0.331 e. The molecule has 0 radical (unpaired) electrons. The maximum atomic E-state index is 12.7. The van der Waals surface area contributed by atoms with Gasteiger partial charge >= 0.3 is 0 Å². The van der Waals surface area contributed by atoms with Crippen LogP contribution in [-0.2, 0) is 11.2 Å². The van der Waals surface area contributed by atoms with Crippen molar-refractivity contribution < 1.29 is 4.79 Å². The van der Waals surface area contributed by atoms with Crippen molar-refractivity contribution >= 4 is 17.2 Å². The molecule has 3 heteroatoms. The highest BCUT2D eigenvalue weighted by Gasteiger charge is 2.40. The summed E-state index contributed by atoms with van der Waals surface area (Å²) in [4.78, 5) is 16.3. The van der Waals surface area contributed by atoms with Gasteiger partial charge in [-0.25, -0.2) is 0 Å². The summed E-state index contributed by atoms with van der Waals surface area (Å²) in [5.74, 6) is 0.650. The summed E-state index contributed by atoms with van der Waals surface area (Å²) in [5.41, 5.74) is 3.90. The zero-order valence-corrected chi connectivity index (χ0v) is 13.0. The molecule has 0 bridgehead atoms. The highest BCUT2D eigenvalue weighted by Crippen LogP contribution is 2.42. The third kappa shape index (κ3) is 2.20. The Morgan fingerprint density at radius 2 is 2.00 bits per heavy atom. The number of fused-ring (bicyclic) bond motifs is 1. The van der Waals surface area contributed by atoms with Gasteiger partial charge in [0.05, 0.1) is 6.04 Å². The molecule has 1 amide bonds. The molecule has 4 rings (SSSR count). The molecule has 108 valence electrons. The molecule has 0 N–H and O–H groups in total. The van der Waals surface area contributed by atoms with Crippen LogP contribution in [0.25, 0.3) is 0 Å². The van der Waals surface area contributed by atoms with Gasteiger partial charge < -0.3 is 4.90 Å². The first-order valence-electron chi connectivity index (χ1n) is 7.68. The van der Waals surface area contributed by atoms with Gasteiger partial charge in [-0.15, -0.1) is 11.3 Å². The minimum atomic E-state index is 0.120. The van der Waals surface area contributed by atoms with Crippen molar-refractivity contribution in [2.75, 3.05) is 6.54 Å². The van der Waals surface area contributed by atoms with E-state index >= 15 is 0 Å². The average Bonchev–Trinajstić information content (AvgIpc) is 3.24. The van der Waals surface area contributed by atoms with Crippen molar-refractivity contribution in [1.29, 1.82) is 0 Å². The van der Waals surface area contributed by atoms with Crippen molar-refractivity contribution in [2.45, 2.75) is 32.2 Å². The predicted octanol–water partition coefficient (Wildman–Crippen LogP) is 3.94. The van der Waals surface area contributed by atoms with Crippen molar-refractivity contribution in [3.8, 4) is 0 Å². The van der Waals surface area contributed by atoms with Crippen LogP contribution in [0.5, 0.6) is 0 Å². The molecule has 1 saturated carbocycles. The molecule has 2 aliphatic rings. The Labute approximate surface area is 129 Å². The minimum absolute atomic E-state index is 0.120. The van der Waals surface area contributed by atoms with E-state index in [1.807, 2.05) is 11.3 Å². The molecule has 0 saturated heterocycles. The first kappa shape index (κ1) is 13.1. The number of hydrogen-bond donors (Lipinski definition) is 0. The molecule has 21 heavy (non-hydrogen) atoms. The summed E-state index contributed by atoms with van der Waals surface area (Å²) in [6.07, 6.45) is 3.16. The summed E-state index contributed by atoms with van der Waals surface area (Å²) >= 11 is 1.83. The zero-order chi connectivity index (χ0) is 14.4. The Morgan fingerprint density at radius 1 is 1.19 bits per heavy atom. The van der Waals surface area contributed by atoms with Crippen LogP contribution in [-0.4, -0.2) is 17.4 Å². The van der Waals surface area contributed by atoms with Gasteiger partial charge in [-0.05, 0) is 54.3 Å². The summed E-state index contributed by atoms with van der Waals surface area (Å²) in [5, 5.41) is 2.17. The fourth-order valence-corrected chi connectivity index (χ4v) is 4.25. The van der Waals surface area contributed by atoms with Gasteiger partial charge in [-0.2, -0.15) is 0 Å². The maximum Gasteiger partial charge on any atom is 0.226 e. The minimum Gasteiger partial charge on any atom is -0.331 e. The second kappa shape index (κ2) is 4.99. The van der Waals surface area contributed by atoms with Gasteiger partial charge in [0.25, 0.3) is 0 Å². The topological polar surface area (TPSA) is 20.3 Å². The van der Waals surface area contributed by atoms with E-state index in [9.17, 15) is 4.79 Å². The highest BCUT2D eigenvalue weighted by molar-refractivity contribution is 7.10. The first-order chi connectivity index (χ1) is 10.3. The SMILES string of the molecule is Cc1ccccc1C1c2ccsc2CCN1C(=O)C1CC1. The van der Waals surface area contributed by atoms with Crippen LogP contribution in [0.3, 0.4) is 0 Å². The lowest BCUT2D eigenvalue weighted by atomic mass is 9.90. The van der Waals surface area contributed by atoms with Gasteiger partial charge in [0, 0.05) is 17.3 Å². The number of aryl methyl sites for hydroxylation is 1. The molecule has 0 spiro atoms. The summed E-state index contributed by atoms with van der Waals surface area (Å²) in [7, 11) is 0. The smallest absolute Gasteiger partial charge is 0.226 e. The van der Waals surface area contributed by atoms with Crippen molar-refractivity contribution in [3.63, 3.8) is 0 Å². The molecule has 2 aromatic rings. The Kier molecular flexibility index (Phi) is 3.11. The van der Waals surface area contributed by atoms with E-state index < -0.39 is 0 Å². The van der Waals surface area contributed by atoms with Gasteiger partial charge in [-0.1, -0.05) is 24.3 Å². The summed E-state index contributed by atoms with van der Waals surface area (Å²) in [6.45, 7) is 3.01. The van der Waals surface area contributed by atoms with E-state index in [0.29, 0.717) is 5.91 Å². The van der Waals surface area contributed by atoms with Crippen LogP contribution in [0.4, 0.5) is 0 Å². The average molecular weight is 297 g/mol. The van der Waals surface area contributed by atoms with Crippen LogP contribution in [0.1, 0.15) is 40.5 Å². The summed E-state index contributed by atoms with van der Waals surface area (Å²) < 4.78 is 0. The first-order valence-corrected chi connectivity index (χ1v) is 8.56. The highest BCUT2D eigenvalue weighted by atomic mass is 32.1. The van der Waals surface area contributed by atoms with E-state index in [4.69, 9.17) is 0 Å². The molecule has 1 fully saturated rings. The number of carbonyl (C=O) groups is 1. The van der Waals surface area contributed by atoms with E-state index in [-0.39, 0.29) is 12.0 Å². The van der Waals surface area contributed by atoms with Crippen LogP contribution < -0.4 is 0 Å². The van der Waals surface area contributed by atoms with Crippen molar-refractivity contribution in [2.24, 2.45) is 5.92 Å². The van der Waals surface area contributed by atoms with E-state index in [0.717, 1.165) is 25.8 Å². The quantitative estimate of drug-likeness (QED) is 0.822. The number of hydrogen-bond acceptors (Lipinski definition) is 2. The Hall–Kier alpha value is -1.61. The molecule has 1 aliphatic heterocycles.